The minimum absolute atomic E-state index is 0.00876. The van der Waals surface area contributed by atoms with E-state index in [2.05, 4.69) is 36.4 Å². The Morgan fingerprint density at radius 1 is 1.07 bits per heavy atom. The fraction of sp³-hybridized carbons (Fsp3) is 0.417. The lowest BCUT2D eigenvalue weighted by molar-refractivity contribution is 0.0285. The molecule has 9 nitrogen and oxygen atoms in total. The minimum Gasteiger partial charge on any atom is -0.488 e. The highest BCUT2D eigenvalue weighted by Crippen LogP contribution is 2.34. The zero-order chi connectivity index (χ0) is 31.8. The maximum absolute atomic E-state index is 11.6. The van der Waals surface area contributed by atoms with Gasteiger partial charge in [0.15, 0.2) is 5.82 Å². The molecule has 2 aromatic heterocycles. The standard InChI is InChI=1S/C30H32N4O4.C6H12O/c1-4-37-29-25(30(35)36)17-32-34(29)27-10-6-9-26(33-27)24-8-5-7-19(2)28(24)38-18-22-12-11-21-13-15-31-16-14-23(21)20(22)3;1-6-4-2-3-5-7-6/h5-12,17,31H,4,13-16,18H2,1-3H3,(H,35,36);6H,2-5H2,1H3/t;6-/m.0/s1. The molecule has 4 aromatic rings. The summed E-state index contributed by atoms with van der Waals surface area (Å²) in [7, 11) is 0. The van der Waals surface area contributed by atoms with Gasteiger partial charge in [0, 0.05) is 12.2 Å². The molecule has 0 unspecified atom stereocenters. The fourth-order valence-electron chi connectivity index (χ4n) is 5.87. The first-order chi connectivity index (χ1) is 21.9. The molecule has 6 rings (SSSR count). The van der Waals surface area contributed by atoms with E-state index in [4.69, 9.17) is 19.2 Å². The van der Waals surface area contributed by atoms with Crippen molar-refractivity contribution >= 4 is 5.97 Å². The van der Waals surface area contributed by atoms with Gasteiger partial charge in [0.2, 0.25) is 5.88 Å². The van der Waals surface area contributed by atoms with Crippen LogP contribution in [0.25, 0.3) is 17.1 Å². The molecule has 9 heteroatoms. The van der Waals surface area contributed by atoms with Crippen LogP contribution < -0.4 is 14.8 Å². The number of hydrogen-bond acceptors (Lipinski definition) is 7. The van der Waals surface area contributed by atoms with E-state index in [9.17, 15) is 9.90 Å². The molecule has 0 radical (unpaired) electrons. The number of hydrogen-bond donors (Lipinski definition) is 2. The number of benzene rings is 2. The quantitative estimate of drug-likeness (QED) is 0.233. The Kier molecular flexibility index (Phi) is 10.9. The van der Waals surface area contributed by atoms with Crippen LogP contribution in [-0.2, 0) is 24.2 Å². The largest absolute Gasteiger partial charge is 0.488 e. The summed E-state index contributed by atoms with van der Waals surface area (Å²) in [5.74, 6) is 0.278. The van der Waals surface area contributed by atoms with Gasteiger partial charge in [-0.15, -0.1) is 0 Å². The van der Waals surface area contributed by atoms with Crippen LogP contribution in [0.15, 0.2) is 54.7 Å². The number of aryl methyl sites for hydroxylation is 1. The summed E-state index contributed by atoms with van der Waals surface area (Å²) >= 11 is 0. The molecule has 2 aromatic carbocycles. The van der Waals surface area contributed by atoms with Gasteiger partial charge in [0.05, 0.1) is 24.6 Å². The van der Waals surface area contributed by atoms with Crippen molar-refractivity contribution in [2.45, 2.75) is 72.5 Å². The lowest BCUT2D eigenvalue weighted by Gasteiger charge is -2.18. The number of fused-ring (bicyclic) bond motifs is 1. The van der Waals surface area contributed by atoms with E-state index in [0.29, 0.717) is 30.8 Å². The molecule has 2 N–H and O–H groups in total. The van der Waals surface area contributed by atoms with Crippen molar-refractivity contribution in [3.05, 3.63) is 88.1 Å². The summed E-state index contributed by atoms with van der Waals surface area (Å²) in [6, 6.07) is 16.0. The van der Waals surface area contributed by atoms with Crippen LogP contribution in [0.5, 0.6) is 11.6 Å². The number of nitrogens with zero attached hydrogens (tertiary/aromatic N) is 3. The highest BCUT2D eigenvalue weighted by Gasteiger charge is 2.21. The smallest absolute Gasteiger partial charge is 0.342 e. The van der Waals surface area contributed by atoms with Crippen molar-refractivity contribution in [1.82, 2.24) is 20.1 Å². The second-order valence-electron chi connectivity index (χ2n) is 11.5. The van der Waals surface area contributed by atoms with Gasteiger partial charge in [-0.2, -0.15) is 9.78 Å². The molecule has 45 heavy (non-hydrogen) atoms. The van der Waals surface area contributed by atoms with Crippen LogP contribution in [0, 0.1) is 13.8 Å². The maximum Gasteiger partial charge on any atom is 0.342 e. The number of pyridine rings is 1. The average Bonchev–Trinajstić information content (AvgIpc) is 3.31. The first-order valence-electron chi connectivity index (χ1n) is 15.9. The molecule has 4 heterocycles. The minimum atomic E-state index is -1.10. The Morgan fingerprint density at radius 3 is 2.62 bits per heavy atom. The summed E-state index contributed by atoms with van der Waals surface area (Å²) in [5, 5.41) is 17.3. The van der Waals surface area contributed by atoms with E-state index in [0.717, 1.165) is 49.4 Å². The van der Waals surface area contributed by atoms with Crippen LogP contribution in [0.2, 0.25) is 0 Å². The number of aromatic nitrogens is 3. The molecule has 0 saturated carbocycles. The highest BCUT2D eigenvalue weighted by molar-refractivity contribution is 5.90. The lowest BCUT2D eigenvalue weighted by atomic mass is 9.94. The predicted octanol–water partition coefficient (Wildman–Crippen LogP) is 6.49. The second-order valence-corrected chi connectivity index (χ2v) is 11.5. The molecule has 0 spiro atoms. The Balaban J connectivity index is 0.000000505. The van der Waals surface area contributed by atoms with Crippen molar-refractivity contribution in [3.63, 3.8) is 0 Å². The van der Waals surface area contributed by atoms with Crippen LogP contribution >= 0.6 is 0 Å². The third-order valence-electron chi connectivity index (χ3n) is 8.39. The molecule has 0 amide bonds. The first kappa shape index (κ1) is 32.2. The van der Waals surface area contributed by atoms with Crippen molar-refractivity contribution < 1.29 is 24.1 Å². The van der Waals surface area contributed by atoms with Gasteiger partial charge in [-0.3, -0.25) is 0 Å². The van der Waals surface area contributed by atoms with Crippen molar-refractivity contribution in [1.29, 1.82) is 0 Å². The molecule has 0 aliphatic carbocycles. The summed E-state index contributed by atoms with van der Waals surface area (Å²) in [5.41, 5.74) is 7.89. The molecule has 2 aliphatic heterocycles. The molecule has 238 valence electrons. The molecular weight excluding hydrogens is 568 g/mol. The Bertz CT molecular complexity index is 1610. The number of para-hydroxylation sites is 1. The van der Waals surface area contributed by atoms with Gasteiger partial charge in [-0.05, 0) is 119 Å². The fourth-order valence-corrected chi connectivity index (χ4v) is 5.87. The van der Waals surface area contributed by atoms with E-state index < -0.39 is 5.97 Å². The van der Waals surface area contributed by atoms with Crippen LogP contribution in [0.1, 0.15) is 71.3 Å². The predicted molar refractivity (Wildman–Crippen MR) is 175 cm³/mol. The number of carboxylic acid groups (broad SMARTS) is 1. The third kappa shape index (κ3) is 7.72. The summed E-state index contributed by atoms with van der Waals surface area (Å²) in [6.07, 6.45) is 7.79. The van der Waals surface area contributed by atoms with E-state index in [1.165, 1.54) is 52.4 Å². The van der Waals surface area contributed by atoms with Gasteiger partial charge >= 0.3 is 5.97 Å². The molecule has 2 aliphatic rings. The molecule has 1 atom stereocenters. The topological polar surface area (TPSA) is 108 Å². The Hall–Kier alpha value is -4.21. The molecular formula is C36H44N4O5. The zero-order valence-corrected chi connectivity index (χ0v) is 26.8. The van der Waals surface area contributed by atoms with Crippen molar-refractivity contribution in [2.24, 2.45) is 0 Å². The van der Waals surface area contributed by atoms with Crippen molar-refractivity contribution in [3.8, 4) is 28.7 Å². The maximum atomic E-state index is 11.6. The summed E-state index contributed by atoms with van der Waals surface area (Å²) in [6.45, 7) is 11.9. The van der Waals surface area contributed by atoms with Gasteiger partial charge in [-0.1, -0.05) is 30.3 Å². The SMILES string of the molecule is CCOc1c(C(=O)O)cnn1-c1cccc(-c2cccc(C)c2OCc2ccc3c(c2C)CCNCC3)n1.C[C@H]1CCCCO1. The number of aromatic carboxylic acids is 1. The molecule has 0 bridgehead atoms. The summed E-state index contributed by atoms with van der Waals surface area (Å²) < 4.78 is 18.8. The lowest BCUT2D eigenvalue weighted by Crippen LogP contribution is -2.16. The van der Waals surface area contributed by atoms with Gasteiger partial charge in [0.25, 0.3) is 0 Å². The number of carboxylic acids is 1. The van der Waals surface area contributed by atoms with Crippen molar-refractivity contribution in [2.75, 3.05) is 26.3 Å². The van der Waals surface area contributed by atoms with Gasteiger partial charge < -0.3 is 24.6 Å². The van der Waals surface area contributed by atoms with Gasteiger partial charge in [-0.25, -0.2) is 9.78 Å². The Morgan fingerprint density at radius 2 is 1.89 bits per heavy atom. The monoisotopic (exact) mass is 612 g/mol. The first-order valence-corrected chi connectivity index (χ1v) is 15.9. The van der Waals surface area contributed by atoms with Crippen LogP contribution in [0.3, 0.4) is 0 Å². The molecule has 1 fully saturated rings. The third-order valence-corrected chi connectivity index (χ3v) is 8.39. The summed E-state index contributed by atoms with van der Waals surface area (Å²) in [4.78, 5) is 16.5. The molecule has 1 saturated heterocycles. The second kappa shape index (κ2) is 15.2. The van der Waals surface area contributed by atoms with Crippen LogP contribution in [0.4, 0.5) is 0 Å². The van der Waals surface area contributed by atoms with E-state index >= 15 is 0 Å². The Labute approximate surface area is 265 Å². The normalized spacial score (nSPS) is 16.1. The highest BCUT2D eigenvalue weighted by atomic mass is 16.5. The average molecular weight is 613 g/mol. The number of ether oxygens (including phenoxy) is 3. The number of rotatable bonds is 8. The zero-order valence-electron chi connectivity index (χ0n) is 26.8. The van der Waals surface area contributed by atoms with E-state index in [1.807, 2.05) is 37.3 Å². The van der Waals surface area contributed by atoms with Crippen LogP contribution in [-0.4, -0.2) is 58.2 Å². The van der Waals surface area contributed by atoms with E-state index in [1.54, 1.807) is 13.0 Å². The number of carbonyl (C=O) groups is 1. The number of nitrogens with one attached hydrogen (secondary N) is 1. The van der Waals surface area contributed by atoms with E-state index in [-0.39, 0.29) is 11.4 Å². The van der Waals surface area contributed by atoms with Gasteiger partial charge in [0.1, 0.15) is 17.9 Å².